The number of nitrogens with one attached hydrogen (secondary N) is 1. The summed E-state index contributed by atoms with van der Waals surface area (Å²) >= 11 is 11.8. The Morgan fingerprint density at radius 1 is 1.32 bits per heavy atom. The molecule has 0 radical (unpaired) electrons. The number of halogens is 2. The summed E-state index contributed by atoms with van der Waals surface area (Å²) in [4.78, 5) is 16.0. The van der Waals surface area contributed by atoms with Gasteiger partial charge in [-0.05, 0) is 36.8 Å². The molecule has 0 fully saturated rings. The fraction of sp³-hybridized carbons (Fsp3) is 0.0769. The number of nitrogens with zero attached hydrogens (tertiary/aromatic N) is 1. The fourth-order valence-electron chi connectivity index (χ4n) is 1.53. The van der Waals surface area contributed by atoms with Crippen LogP contribution in [0.5, 0.6) is 0 Å². The van der Waals surface area contributed by atoms with Gasteiger partial charge in [0, 0.05) is 11.8 Å². The van der Waals surface area contributed by atoms with Crippen molar-refractivity contribution in [2.45, 2.75) is 6.92 Å². The van der Waals surface area contributed by atoms with Crippen molar-refractivity contribution in [1.29, 1.82) is 0 Å². The van der Waals surface area contributed by atoms with Crippen LogP contribution in [0, 0.1) is 6.92 Å². The van der Waals surface area contributed by atoms with Gasteiger partial charge in [-0.25, -0.2) is 4.98 Å². The van der Waals surface area contributed by atoms with Gasteiger partial charge in [0.25, 0.3) is 5.91 Å². The first-order valence-corrected chi connectivity index (χ1v) is 6.22. The van der Waals surface area contributed by atoms with Crippen LogP contribution in [-0.2, 0) is 0 Å². The van der Waals surface area contributed by atoms with Gasteiger partial charge in [-0.3, -0.25) is 4.79 Å². The first-order valence-electron chi connectivity index (χ1n) is 5.46. The van der Waals surface area contributed by atoms with E-state index in [0.717, 1.165) is 5.56 Å². The third-order valence-corrected chi connectivity index (χ3v) is 3.23. The second kappa shape index (κ2) is 5.47. The van der Waals surface area contributed by atoms with Gasteiger partial charge in [0.1, 0.15) is 0 Å². The Morgan fingerprint density at radius 3 is 2.68 bits per heavy atom. The van der Waals surface area contributed by atoms with Crippen LogP contribution in [0.25, 0.3) is 0 Å². The van der Waals surface area contributed by atoms with Gasteiger partial charge >= 0.3 is 0 Å². The molecule has 0 aliphatic carbocycles. The van der Waals surface area contributed by atoms with Gasteiger partial charge in [-0.2, -0.15) is 0 Å². The molecule has 0 spiro atoms. The fourth-order valence-corrected chi connectivity index (χ4v) is 1.96. The summed E-state index contributed by atoms with van der Waals surface area (Å²) in [6.45, 7) is 1.83. The van der Waals surface area contributed by atoms with Crippen LogP contribution in [0.4, 0.5) is 11.4 Å². The zero-order chi connectivity index (χ0) is 14.0. The van der Waals surface area contributed by atoms with Crippen molar-refractivity contribution < 1.29 is 4.79 Å². The number of rotatable bonds is 2. The third kappa shape index (κ3) is 2.97. The molecule has 1 aromatic heterocycles. The van der Waals surface area contributed by atoms with Crippen LogP contribution in [0.2, 0.25) is 10.2 Å². The van der Waals surface area contributed by atoms with Crippen LogP contribution in [0.3, 0.4) is 0 Å². The maximum Gasteiger partial charge on any atom is 0.255 e. The van der Waals surface area contributed by atoms with Crippen molar-refractivity contribution in [3.8, 4) is 0 Å². The van der Waals surface area contributed by atoms with Crippen LogP contribution >= 0.6 is 23.2 Å². The minimum absolute atomic E-state index is 0.245. The van der Waals surface area contributed by atoms with E-state index >= 15 is 0 Å². The Hall–Kier alpha value is -1.78. The van der Waals surface area contributed by atoms with Crippen molar-refractivity contribution in [1.82, 2.24) is 4.98 Å². The Labute approximate surface area is 120 Å². The average Bonchev–Trinajstić information content (AvgIpc) is 2.37. The molecule has 2 aromatic rings. The number of amides is 1. The lowest BCUT2D eigenvalue weighted by Gasteiger charge is -2.10. The summed E-state index contributed by atoms with van der Waals surface area (Å²) < 4.78 is 0. The topological polar surface area (TPSA) is 68.0 Å². The maximum atomic E-state index is 12.1. The minimum Gasteiger partial charge on any atom is -0.398 e. The highest BCUT2D eigenvalue weighted by molar-refractivity contribution is 6.34. The van der Waals surface area contributed by atoms with E-state index in [9.17, 15) is 4.79 Å². The number of anilines is 2. The lowest BCUT2D eigenvalue weighted by atomic mass is 10.2. The van der Waals surface area contributed by atoms with E-state index in [4.69, 9.17) is 28.9 Å². The van der Waals surface area contributed by atoms with Crippen molar-refractivity contribution in [2.75, 3.05) is 11.1 Å². The summed E-state index contributed by atoms with van der Waals surface area (Å²) in [5, 5.41) is 3.29. The zero-order valence-electron chi connectivity index (χ0n) is 10.1. The molecule has 1 amide bonds. The predicted molar refractivity (Wildman–Crippen MR) is 77.8 cm³/mol. The van der Waals surface area contributed by atoms with E-state index in [1.54, 1.807) is 24.4 Å². The summed E-state index contributed by atoms with van der Waals surface area (Å²) in [6, 6.07) is 6.44. The molecule has 0 atom stereocenters. The molecule has 4 nitrogen and oxygen atoms in total. The number of nitrogen functional groups attached to an aromatic ring is 1. The molecule has 98 valence electrons. The van der Waals surface area contributed by atoms with Gasteiger partial charge in [-0.1, -0.05) is 23.2 Å². The predicted octanol–water partition coefficient (Wildman–Crippen LogP) is 3.53. The number of hydrogen-bond acceptors (Lipinski definition) is 3. The Balaban J connectivity index is 2.28. The normalized spacial score (nSPS) is 10.3. The first-order chi connectivity index (χ1) is 8.99. The van der Waals surface area contributed by atoms with E-state index < -0.39 is 0 Å². The van der Waals surface area contributed by atoms with Crippen LogP contribution < -0.4 is 11.1 Å². The number of nitrogens with two attached hydrogens (primary N) is 1. The standard InChI is InChI=1S/C13H11Cl2N3O/c1-7-4-5-17-12(15)11(7)18-13(19)8-2-3-10(16)9(14)6-8/h2-6H,16H2,1H3,(H,18,19). The molecule has 0 aliphatic heterocycles. The highest BCUT2D eigenvalue weighted by Crippen LogP contribution is 2.25. The Morgan fingerprint density at radius 2 is 2.05 bits per heavy atom. The molecule has 19 heavy (non-hydrogen) atoms. The van der Waals surface area contributed by atoms with Gasteiger partial charge in [0.2, 0.25) is 0 Å². The molecule has 0 unspecified atom stereocenters. The molecule has 0 saturated heterocycles. The van der Waals surface area contributed by atoms with Crippen molar-refractivity contribution >= 4 is 40.5 Å². The number of carbonyl (C=O) groups is 1. The van der Waals surface area contributed by atoms with E-state index in [0.29, 0.717) is 22.0 Å². The van der Waals surface area contributed by atoms with E-state index in [-0.39, 0.29) is 11.1 Å². The smallest absolute Gasteiger partial charge is 0.255 e. The number of hydrogen-bond donors (Lipinski definition) is 2. The molecule has 3 N–H and O–H groups in total. The first kappa shape index (κ1) is 13.6. The molecule has 0 saturated carbocycles. The molecule has 1 aromatic carbocycles. The molecule has 6 heteroatoms. The Bertz CT molecular complexity index is 624. The summed E-state index contributed by atoms with van der Waals surface area (Å²) in [7, 11) is 0. The number of benzene rings is 1. The number of carbonyl (C=O) groups excluding carboxylic acids is 1. The van der Waals surface area contributed by atoms with Crippen molar-refractivity contribution in [3.63, 3.8) is 0 Å². The Kier molecular flexibility index (Phi) is 3.93. The van der Waals surface area contributed by atoms with Crippen LogP contribution in [0.1, 0.15) is 15.9 Å². The van der Waals surface area contributed by atoms with Crippen LogP contribution in [-0.4, -0.2) is 10.9 Å². The lowest BCUT2D eigenvalue weighted by molar-refractivity contribution is 0.102. The number of pyridine rings is 1. The highest BCUT2D eigenvalue weighted by Gasteiger charge is 2.12. The SMILES string of the molecule is Cc1ccnc(Cl)c1NC(=O)c1ccc(N)c(Cl)c1. The second-order valence-corrected chi connectivity index (χ2v) is 4.75. The molecule has 0 bridgehead atoms. The summed E-state index contributed by atoms with van der Waals surface area (Å²) in [6.07, 6.45) is 1.58. The largest absolute Gasteiger partial charge is 0.398 e. The second-order valence-electron chi connectivity index (χ2n) is 3.98. The molecule has 1 heterocycles. The molecule has 2 rings (SSSR count). The molecular formula is C13H11Cl2N3O. The van der Waals surface area contributed by atoms with E-state index in [2.05, 4.69) is 10.3 Å². The maximum absolute atomic E-state index is 12.1. The number of aryl methyl sites for hydroxylation is 1. The minimum atomic E-state index is -0.320. The van der Waals surface area contributed by atoms with Gasteiger partial charge in [-0.15, -0.1) is 0 Å². The summed E-state index contributed by atoms with van der Waals surface area (Å²) in [5.41, 5.74) is 7.74. The zero-order valence-corrected chi connectivity index (χ0v) is 11.6. The molecular weight excluding hydrogens is 285 g/mol. The van der Waals surface area contributed by atoms with Crippen molar-refractivity contribution in [3.05, 3.63) is 51.8 Å². The lowest BCUT2D eigenvalue weighted by Crippen LogP contribution is -2.13. The average molecular weight is 296 g/mol. The van der Waals surface area contributed by atoms with Gasteiger partial charge < -0.3 is 11.1 Å². The van der Waals surface area contributed by atoms with Crippen LogP contribution in [0.15, 0.2) is 30.5 Å². The monoisotopic (exact) mass is 295 g/mol. The van der Waals surface area contributed by atoms with E-state index in [1.807, 2.05) is 6.92 Å². The summed E-state index contributed by atoms with van der Waals surface area (Å²) in [5.74, 6) is -0.320. The van der Waals surface area contributed by atoms with Gasteiger partial charge in [0.15, 0.2) is 5.15 Å². The quantitative estimate of drug-likeness (QED) is 0.658. The third-order valence-electron chi connectivity index (χ3n) is 2.61. The van der Waals surface area contributed by atoms with Gasteiger partial charge in [0.05, 0.1) is 16.4 Å². The molecule has 0 aliphatic rings. The highest BCUT2D eigenvalue weighted by atomic mass is 35.5. The van der Waals surface area contributed by atoms with E-state index in [1.165, 1.54) is 6.07 Å². The van der Waals surface area contributed by atoms with Crippen molar-refractivity contribution in [2.24, 2.45) is 0 Å². The number of aromatic nitrogens is 1.